The molecule has 3 saturated heterocycles. The molecule has 3 aromatic rings. The number of nitrogens with zero attached hydrogens (tertiary/aromatic N) is 1. The third kappa shape index (κ3) is 4.26. The Balaban J connectivity index is 1.46. The fraction of sp³-hybridized carbons (Fsp3) is 0.357. The number of piperidine rings is 3. The van der Waals surface area contributed by atoms with Gasteiger partial charge in [0.25, 0.3) is 0 Å². The third-order valence-corrected chi connectivity index (χ3v) is 7.06. The standard InChI is InChI=1S/C28H31NO2/c1-30-25-14-12-21(13-15-25)20-31-28-24-16-18-29(19-17-24)27(28)26(22-8-4-2-5-9-22)23-10-6-3-7-11-23/h2-15,24,26-28H,16-20H2,1H3/t27-,28-/m1/s1. The van der Waals surface area contributed by atoms with E-state index in [1.165, 1.54) is 42.6 Å². The molecule has 0 saturated carbocycles. The van der Waals surface area contributed by atoms with E-state index in [4.69, 9.17) is 9.47 Å². The summed E-state index contributed by atoms with van der Waals surface area (Å²) in [6, 6.07) is 30.6. The topological polar surface area (TPSA) is 21.7 Å². The van der Waals surface area contributed by atoms with Crippen LogP contribution in [0, 0.1) is 5.92 Å². The summed E-state index contributed by atoms with van der Waals surface area (Å²) < 4.78 is 12.0. The van der Waals surface area contributed by atoms with Crippen LogP contribution in [-0.2, 0) is 11.3 Å². The summed E-state index contributed by atoms with van der Waals surface area (Å²) in [5, 5.41) is 0. The molecular formula is C28H31NO2. The van der Waals surface area contributed by atoms with Crippen LogP contribution in [-0.4, -0.2) is 37.2 Å². The first-order valence-electron chi connectivity index (χ1n) is 11.4. The molecule has 2 bridgehead atoms. The SMILES string of the molecule is COc1ccc(CO[C@@H]2C3CCN(CC3)[C@@H]2C(c2ccccc2)c2ccccc2)cc1. The van der Waals surface area contributed by atoms with Crippen molar-refractivity contribution in [2.24, 2.45) is 5.92 Å². The van der Waals surface area contributed by atoms with E-state index in [2.05, 4.69) is 77.7 Å². The number of benzene rings is 3. The summed E-state index contributed by atoms with van der Waals surface area (Å²) in [6.07, 6.45) is 2.70. The highest BCUT2D eigenvalue weighted by Crippen LogP contribution is 2.43. The molecule has 3 nitrogen and oxygen atoms in total. The van der Waals surface area contributed by atoms with Crippen LogP contribution in [0.2, 0.25) is 0 Å². The molecule has 0 aromatic heterocycles. The van der Waals surface area contributed by atoms with E-state index in [1.807, 2.05) is 12.1 Å². The Bertz CT molecular complexity index is 910. The zero-order chi connectivity index (χ0) is 21.0. The lowest BCUT2D eigenvalue weighted by Crippen LogP contribution is -2.60. The van der Waals surface area contributed by atoms with Crippen molar-refractivity contribution in [3.05, 3.63) is 102 Å². The first kappa shape index (κ1) is 20.3. The van der Waals surface area contributed by atoms with Crippen LogP contribution in [0.1, 0.15) is 35.4 Å². The van der Waals surface area contributed by atoms with E-state index in [9.17, 15) is 0 Å². The molecule has 3 aliphatic heterocycles. The van der Waals surface area contributed by atoms with E-state index < -0.39 is 0 Å². The van der Waals surface area contributed by atoms with Gasteiger partial charge >= 0.3 is 0 Å². The number of rotatable bonds is 7. The fourth-order valence-corrected chi connectivity index (χ4v) is 5.49. The maximum atomic E-state index is 6.73. The average Bonchev–Trinajstić information content (AvgIpc) is 2.86. The lowest BCUT2D eigenvalue weighted by atomic mass is 9.72. The summed E-state index contributed by atoms with van der Waals surface area (Å²) in [6.45, 7) is 2.99. The van der Waals surface area contributed by atoms with Crippen LogP contribution in [0.4, 0.5) is 0 Å². The largest absolute Gasteiger partial charge is 0.497 e. The smallest absolute Gasteiger partial charge is 0.118 e. The minimum atomic E-state index is 0.231. The molecule has 3 fully saturated rings. The van der Waals surface area contributed by atoms with Gasteiger partial charge in [0, 0.05) is 12.0 Å². The minimum absolute atomic E-state index is 0.231. The van der Waals surface area contributed by atoms with Crippen molar-refractivity contribution < 1.29 is 9.47 Å². The Morgan fingerprint density at radius 1 is 0.806 bits per heavy atom. The highest BCUT2D eigenvalue weighted by molar-refractivity contribution is 5.36. The molecule has 31 heavy (non-hydrogen) atoms. The lowest BCUT2D eigenvalue weighted by Gasteiger charge is -2.53. The van der Waals surface area contributed by atoms with Crippen molar-refractivity contribution in [1.82, 2.24) is 4.90 Å². The molecule has 0 aliphatic carbocycles. The van der Waals surface area contributed by atoms with Crippen LogP contribution in [0.15, 0.2) is 84.9 Å². The maximum Gasteiger partial charge on any atom is 0.118 e. The van der Waals surface area contributed by atoms with Gasteiger partial charge in [-0.2, -0.15) is 0 Å². The Morgan fingerprint density at radius 2 is 1.39 bits per heavy atom. The second-order valence-corrected chi connectivity index (χ2v) is 8.79. The molecule has 0 spiro atoms. The summed E-state index contributed by atoms with van der Waals surface area (Å²) in [5.41, 5.74) is 3.96. The quantitative estimate of drug-likeness (QED) is 0.510. The summed E-state index contributed by atoms with van der Waals surface area (Å²) >= 11 is 0. The van der Waals surface area contributed by atoms with Gasteiger partial charge in [0.1, 0.15) is 5.75 Å². The molecule has 0 unspecified atom stereocenters. The van der Waals surface area contributed by atoms with Crippen molar-refractivity contribution in [1.29, 1.82) is 0 Å². The Kier molecular flexibility index (Phi) is 6.06. The molecule has 3 heterocycles. The van der Waals surface area contributed by atoms with E-state index >= 15 is 0 Å². The number of fused-ring (bicyclic) bond motifs is 3. The average molecular weight is 414 g/mol. The molecule has 0 N–H and O–H groups in total. The molecule has 2 atom stereocenters. The number of ether oxygens (including phenoxy) is 2. The number of hydrogen-bond acceptors (Lipinski definition) is 3. The monoisotopic (exact) mass is 413 g/mol. The van der Waals surface area contributed by atoms with Crippen LogP contribution >= 0.6 is 0 Å². The second-order valence-electron chi connectivity index (χ2n) is 8.79. The Hall–Kier alpha value is -2.62. The van der Waals surface area contributed by atoms with Crippen LogP contribution in [0.3, 0.4) is 0 Å². The van der Waals surface area contributed by atoms with Crippen LogP contribution < -0.4 is 4.74 Å². The van der Waals surface area contributed by atoms with Crippen LogP contribution in [0.25, 0.3) is 0 Å². The molecule has 3 aromatic carbocycles. The molecule has 3 aliphatic rings. The maximum absolute atomic E-state index is 6.73. The molecule has 0 amide bonds. The highest BCUT2D eigenvalue weighted by Gasteiger charge is 2.47. The normalized spacial score (nSPS) is 25.0. The van der Waals surface area contributed by atoms with E-state index in [0.717, 1.165) is 5.75 Å². The van der Waals surface area contributed by atoms with Gasteiger partial charge in [-0.15, -0.1) is 0 Å². The van der Waals surface area contributed by atoms with Gasteiger partial charge in [0.05, 0.1) is 19.8 Å². The number of methoxy groups -OCH3 is 1. The van der Waals surface area contributed by atoms with Gasteiger partial charge in [-0.3, -0.25) is 4.90 Å². The molecule has 160 valence electrons. The first-order chi connectivity index (χ1) is 15.3. The van der Waals surface area contributed by atoms with E-state index in [-0.39, 0.29) is 6.10 Å². The van der Waals surface area contributed by atoms with Gasteiger partial charge < -0.3 is 9.47 Å². The Morgan fingerprint density at radius 3 is 1.94 bits per heavy atom. The fourth-order valence-electron chi connectivity index (χ4n) is 5.49. The van der Waals surface area contributed by atoms with Crippen molar-refractivity contribution in [3.63, 3.8) is 0 Å². The van der Waals surface area contributed by atoms with E-state index in [1.54, 1.807) is 7.11 Å². The second kappa shape index (κ2) is 9.25. The van der Waals surface area contributed by atoms with Crippen LogP contribution in [0.5, 0.6) is 5.75 Å². The van der Waals surface area contributed by atoms with Crippen molar-refractivity contribution in [2.75, 3.05) is 20.2 Å². The molecule has 0 radical (unpaired) electrons. The van der Waals surface area contributed by atoms with Gasteiger partial charge in [-0.25, -0.2) is 0 Å². The predicted molar refractivity (Wildman–Crippen MR) is 124 cm³/mol. The predicted octanol–water partition coefficient (Wildman–Crippen LogP) is 5.51. The third-order valence-electron chi connectivity index (χ3n) is 7.06. The van der Waals surface area contributed by atoms with Gasteiger partial charge in [0.15, 0.2) is 0 Å². The van der Waals surface area contributed by atoms with Crippen molar-refractivity contribution >= 4 is 0 Å². The summed E-state index contributed by atoms with van der Waals surface area (Å²) in [5.74, 6) is 1.83. The van der Waals surface area contributed by atoms with Gasteiger partial charge in [-0.05, 0) is 60.7 Å². The van der Waals surface area contributed by atoms with Gasteiger partial charge in [-0.1, -0.05) is 72.8 Å². The molecule has 6 rings (SSSR count). The lowest BCUT2D eigenvalue weighted by molar-refractivity contribution is -0.120. The van der Waals surface area contributed by atoms with E-state index in [0.29, 0.717) is 24.5 Å². The summed E-state index contributed by atoms with van der Waals surface area (Å²) in [4.78, 5) is 2.68. The van der Waals surface area contributed by atoms with Gasteiger partial charge in [0.2, 0.25) is 0 Å². The summed E-state index contributed by atoms with van der Waals surface area (Å²) in [7, 11) is 1.70. The zero-order valence-electron chi connectivity index (χ0n) is 18.2. The zero-order valence-corrected chi connectivity index (χ0v) is 18.2. The number of hydrogen-bond donors (Lipinski definition) is 0. The van der Waals surface area contributed by atoms with Crippen molar-refractivity contribution in [3.8, 4) is 5.75 Å². The molecular weight excluding hydrogens is 382 g/mol. The highest BCUT2D eigenvalue weighted by atomic mass is 16.5. The van der Waals surface area contributed by atoms with Crippen molar-refractivity contribution in [2.45, 2.75) is 37.5 Å². The molecule has 3 heteroatoms. The first-order valence-corrected chi connectivity index (χ1v) is 11.4. The minimum Gasteiger partial charge on any atom is -0.497 e. The Labute approximate surface area is 185 Å².